The summed E-state index contributed by atoms with van der Waals surface area (Å²) in [7, 11) is 1.54. The van der Waals surface area contributed by atoms with Crippen LogP contribution in [0.4, 0.5) is 0 Å². The number of benzene rings is 3. The fourth-order valence-corrected chi connectivity index (χ4v) is 5.45. The maximum absolute atomic E-state index is 12.8. The topological polar surface area (TPSA) is 143 Å². The van der Waals surface area contributed by atoms with Gasteiger partial charge in [0.2, 0.25) is 0 Å². The van der Waals surface area contributed by atoms with E-state index < -0.39 is 17.9 Å². The average molecular weight is 740 g/mol. The number of carbonyl (C=O) groups is 2. The predicted molar refractivity (Wildman–Crippen MR) is 180 cm³/mol. The number of rotatable bonds is 12. The van der Waals surface area contributed by atoms with E-state index >= 15 is 0 Å². The van der Waals surface area contributed by atoms with Gasteiger partial charge in [0.05, 0.1) is 46.7 Å². The molecule has 3 aromatic carbocycles. The van der Waals surface area contributed by atoms with Crippen LogP contribution in [0.2, 0.25) is 0 Å². The lowest BCUT2D eigenvalue weighted by Crippen LogP contribution is -2.45. The van der Waals surface area contributed by atoms with Crippen molar-refractivity contribution in [3.05, 3.63) is 97.8 Å². The third-order valence-electron chi connectivity index (χ3n) is 6.47. The van der Waals surface area contributed by atoms with E-state index in [9.17, 15) is 9.59 Å². The smallest absolute Gasteiger partial charge is 0.338 e. The fourth-order valence-electron chi connectivity index (χ4n) is 4.40. The summed E-state index contributed by atoms with van der Waals surface area (Å²) < 4.78 is 23.4. The van der Waals surface area contributed by atoms with Crippen molar-refractivity contribution >= 4 is 58.0 Å². The predicted octanol–water partition coefficient (Wildman–Crippen LogP) is 4.64. The molecule has 0 radical (unpaired) electrons. The van der Waals surface area contributed by atoms with Gasteiger partial charge in [0.15, 0.2) is 23.2 Å². The van der Waals surface area contributed by atoms with Crippen molar-refractivity contribution < 1.29 is 28.5 Å². The molecule has 0 saturated carbocycles. The van der Waals surface area contributed by atoms with Crippen LogP contribution in [0.1, 0.15) is 42.1 Å². The molecular weight excluding hydrogens is 709 g/mol. The molecule has 1 amide bonds. The molecular formula is C32H30IN5O6S. The molecule has 232 valence electrons. The van der Waals surface area contributed by atoms with Gasteiger partial charge in [-0.05, 0) is 90.1 Å². The Morgan fingerprint density at radius 3 is 2.60 bits per heavy atom. The molecule has 1 heterocycles. The Bertz CT molecular complexity index is 1690. The number of methoxy groups -OCH3 is 1. The summed E-state index contributed by atoms with van der Waals surface area (Å²) in [4.78, 5) is 25.4. The monoisotopic (exact) mass is 739 g/mol. The van der Waals surface area contributed by atoms with Crippen LogP contribution in [-0.2, 0) is 20.9 Å². The van der Waals surface area contributed by atoms with Crippen LogP contribution in [0.3, 0.4) is 0 Å². The second-order valence-electron chi connectivity index (χ2n) is 9.54. The molecule has 4 rings (SSSR count). The molecule has 0 aromatic heterocycles. The minimum Gasteiger partial charge on any atom is -0.493 e. The first-order valence-corrected chi connectivity index (χ1v) is 15.2. The Morgan fingerprint density at radius 1 is 1.13 bits per heavy atom. The molecule has 3 N–H and O–H groups in total. The highest BCUT2D eigenvalue weighted by Crippen LogP contribution is 2.35. The maximum Gasteiger partial charge on any atom is 0.338 e. The number of hydrogen-bond acceptors (Lipinski definition) is 9. The van der Waals surface area contributed by atoms with Gasteiger partial charge >= 0.3 is 5.97 Å². The van der Waals surface area contributed by atoms with Crippen LogP contribution >= 0.6 is 34.8 Å². The highest BCUT2D eigenvalue weighted by Gasteiger charge is 2.32. The van der Waals surface area contributed by atoms with Crippen molar-refractivity contribution in [2.45, 2.75) is 26.5 Å². The molecule has 0 fully saturated rings. The molecule has 3 aromatic rings. The number of ether oxygens (including phenoxy) is 4. The summed E-state index contributed by atoms with van der Waals surface area (Å²) in [6.07, 6.45) is 1.49. The van der Waals surface area contributed by atoms with Gasteiger partial charge in [-0.15, -0.1) is 0 Å². The minimum absolute atomic E-state index is 0.218. The Balaban J connectivity index is 1.39. The van der Waals surface area contributed by atoms with Gasteiger partial charge in [0.25, 0.3) is 5.91 Å². The van der Waals surface area contributed by atoms with Gasteiger partial charge < -0.3 is 29.6 Å². The zero-order valence-corrected chi connectivity index (χ0v) is 27.7. The maximum atomic E-state index is 12.8. The van der Waals surface area contributed by atoms with Crippen molar-refractivity contribution in [2.24, 2.45) is 5.10 Å². The number of halogens is 1. The van der Waals surface area contributed by atoms with Crippen LogP contribution in [0, 0.1) is 14.9 Å². The highest BCUT2D eigenvalue weighted by atomic mass is 127. The molecule has 0 bridgehead atoms. The van der Waals surface area contributed by atoms with E-state index in [2.05, 4.69) is 49.8 Å². The summed E-state index contributed by atoms with van der Waals surface area (Å²) in [6.45, 7) is 3.66. The number of carbonyl (C=O) groups excluding carboxylic acids is 2. The molecule has 0 spiro atoms. The van der Waals surface area contributed by atoms with Gasteiger partial charge in [-0.25, -0.2) is 10.2 Å². The van der Waals surface area contributed by atoms with Gasteiger partial charge in [0.1, 0.15) is 12.4 Å². The van der Waals surface area contributed by atoms with E-state index in [0.717, 1.165) is 9.13 Å². The molecule has 1 atom stereocenters. The summed E-state index contributed by atoms with van der Waals surface area (Å²) in [6, 6.07) is 19.2. The number of hydrazone groups is 1. The second-order valence-corrected chi connectivity index (χ2v) is 11.1. The van der Waals surface area contributed by atoms with Crippen LogP contribution in [0.5, 0.6) is 17.2 Å². The zero-order chi connectivity index (χ0) is 32.3. The van der Waals surface area contributed by atoms with E-state index in [4.69, 9.17) is 36.4 Å². The van der Waals surface area contributed by atoms with Gasteiger partial charge in [-0.1, -0.05) is 30.3 Å². The summed E-state index contributed by atoms with van der Waals surface area (Å²) in [5.41, 5.74) is 6.18. The van der Waals surface area contributed by atoms with Gasteiger partial charge in [-0.3, -0.25) is 4.79 Å². The highest BCUT2D eigenvalue weighted by molar-refractivity contribution is 14.1. The number of nitrogens with zero attached hydrogens (tertiary/aromatic N) is 2. The number of esters is 1. The average Bonchev–Trinajstić information content (AvgIpc) is 3.03. The van der Waals surface area contributed by atoms with E-state index in [-0.39, 0.29) is 13.2 Å². The lowest BCUT2D eigenvalue weighted by Gasteiger charge is -2.30. The number of amides is 1. The Kier molecular flexibility index (Phi) is 11.7. The summed E-state index contributed by atoms with van der Waals surface area (Å²) >= 11 is 7.46. The first kappa shape index (κ1) is 33.2. The summed E-state index contributed by atoms with van der Waals surface area (Å²) in [5.74, 6) is 0.485. The van der Waals surface area contributed by atoms with E-state index in [1.165, 1.54) is 13.3 Å². The Morgan fingerprint density at radius 2 is 1.89 bits per heavy atom. The molecule has 0 unspecified atom stereocenters. The van der Waals surface area contributed by atoms with Gasteiger partial charge in [-0.2, -0.15) is 10.4 Å². The van der Waals surface area contributed by atoms with Crippen molar-refractivity contribution in [1.82, 2.24) is 16.1 Å². The molecule has 0 aliphatic carbocycles. The number of para-hydroxylation sites is 1. The van der Waals surface area contributed by atoms with E-state index in [1.54, 1.807) is 56.3 Å². The van der Waals surface area contributed by atoms with Crippen LogP contribution < -0.4 is 30.3 Å². The van der Waals surface area contributed by atoms with Gasteiger partial charge in [0, 0.05) is 11.3 Å². The lowest BCUT2D eigenvalue weighted by molar-refractivity contribution is -0.139. The lowest BCUT2D eigenvalue weighted by atomic mass is 9.95. The fraction of sp³-hybridized carbons (Fsp3) is 0.219. The van der Waals surface area contributed by atoms with Crippen molar-refractivity contribution in [3.8, 4) is 23.3 Å². The molecule has 0 saturated heterocycles. The van der Waals surface area contributed by atoms with Crippen LogP contribution in [0.25, 0.3) is 0 Å². The molecule has 13 heteroatoms. The molecule has 1 aliphatic rings. The first-order valence-electron chi connectivity index (χ1n) is 13.7. The largest absolute Gasteiger partial charge is 0.493 e. The number of allylic oxidation sites excluding steroid dienone is 1. The van der Waals surface area contributed by atoms with E-state index in [0.29, 0.717) is 56.9 Å². The standard InChI is InChI=1S/C32H30IN5O6S/c1-4-42-31(40)28-19(2)36-32(45)37-29(28)23-7-5-6-8-25(23)43-18-27(39)38-35-16-22-13-24(33)30(26(14-22)41-3)44-17-21-11-9-20(15-34)10-12-21/h5-14,16,29H,4,17-18H2,1-3H3,(H,38,39)(H2,36,37,45)/t29-/m0/s1. The van der Waals surface area contributed by atoms with Crippen LogP contribution in [-0.4, -0.2) is 43.5 Å². The van der Waals surface area contributed by atoms with Crippen molar-refractivity contribution in [2.75, 3.05) is 20.3 Å². The first-order chi connectivity index (χ1) is 21.7. The minimum atomic E-state index is -0.636. The Labute approximate surface area is 279 Å². The third kappa shape index (κ3) is 8.70. The number of nitrogens with one attached hydrogen (secondary N) is 3. The number of thiocarbonyl (C=S) groups is 1. The quantitative estimate of drug-likeness (QED) is 0.0791. The SMILES string of the molecule is CCOC(=O)C1=C(C)NC(=S)N[C@H]1c1ccccc1OCC(=O)NN=Cc1cc(I)c(OCc2ccc(C#N)cc2)c(OC)c1. The third-order valence-corrected chi connectivity index (χ3v) is 7.50. The van der Waals surface area contributed by atoms with Crippen LogP contribution in [0.15, 0.2) is 77.0 Å². The second kappa shape index (κ2) is 15.9. The zero-order valence-electron chi connectivity index (χ0n) is 24.7. The number of hydrogen-bond donors (Lipinski definition) is 3. The van der Waals surface area contributed by atoms with E-state index in [1.807, 2.05) is 18.2 Å². The number of nitriles is 1. The van der Waals surface area contributed by atoms with Crippen molar-refractivity contribution in [1.29, 1.82) is 5.26 Å². The van der Waals surface area contributed by atoms with Crippen molar-refractivity contribution in [3.63, 3.8) is 0 Å². The normalized spacial score (nSPS) is 14.2. The molecule has 11 nitrogen and oxygen atoms in total. The molecule has 1 aliphatic heterocycles. The Hall–Kier alpha value is -4.68. The summed E-state index contributed by atoms with van der Waals surface area (Å²) in [5, 5.41) is 19.4. The molecule has 45 heavy (non-hydrogen) atoms.